The van der Waals surface area contributed by atoms with Crippen molar-refractivity contribution < 1.29 is 14.2 Å². The molecule has 4 rings (SSSR count). The average Bonchev–Trinajstić information content (AvgIpc) is 2.94. The Morgan fingerprint density at radius 3 is 2.44 bits per heavy atom. The number of nitrogens with zero attached hydrogens (tertiary/aromatic N) is 2. The van der Waals surface area contributed by atoms with E-state index in [4.69, 9.17) is 14.2 Å². The lowest BCUT2D eigenvalue weighted by Gasteiger charge is -2.25. The molecular weight excluding hydrogens is 408 g/mol. The molecule has 0 radical (unpaired) electrons. The van der Waals surface area contributed by atoms with Crippen molar-refractivity contribution in [3.05, 3.63) is 46.4 Å². The number of ether oxygens (including phenoxy) is 3. The molecule has 144 valence electrons. The molecule has 0 amide bonds. The Balaban J connectivity index is 1.41. The number of fused-ring (bicyclic) bond motifs is 1. The van der Waals surface area contributed by atoms with Crippen LogP contribution >= 0.6 is 15.9 Å². The highest BCUT2D eigenvalue weighted by Gasteiger charge is 2.19. The zero-order valence-electron chi connectivity index (χ0n) is 15.6. The third kappa shape index (κ3) is 4.33. The average molecular weight is 433 g/mol. The second kappa shape index (κ2) is 8.40. The highest BCUT2D eigenvalue weighted by atomic mass is 79.9. The van der Waals surface area contributed by atoms with Crippen molar-refractivity contribution in [2.45, 2.75) is 13.0 Å². The van der Waals surface area contributed by atoms with Crippen molar-refractivity contribution in [2.75, 3.05) is 51.4 Å². The van der Waals surface area contributed by atoms with Gasteiger partial charge < -0.3 is 19.1 Å². The summed E-state index contributed by atoms with van der Waals surface area (Å²) in [5, 5.41) is 0. The van der Waals surface area contributed by atoms with Crippen molar-refractivity contribution in [1.82, 2.24) is 4.90 Å². The van der Waals surface area contributed by atoms with Gasteiger partial charge in [-0.3, -0.25) is 4.90 Å². The van der Waals surface area contributed by atoms with Crippen LogP contribution in [-0.2, 0) is 6.54 Å². The molecule has 27 heavy (non-hydrogen) atoms. The minimum Gasteiger partial charge on any atom is -0.497 e. The van der Waals surface area contributed by atoms with Crippen LogP contribution in [0.3, 0.4) is 0 Å². The lowest BCUT2D eigenvalue weighted by molar-refractivity contribution is 0.171. The molecule has 0 spiro atoms. The Morgan fingerprint density at radius 1 is 0.963 bits per heavy atom. The first-order chi connectivity index (χ1) is 13.2. The van der Waals surface area contributed by atoms with Gasteiger partial charge in [-0.25, -0.2) is 0 Å². The Morgan fingerprint density at radius 2 is 1.70 bits per heavy atom. The maximum absolute atomic E-state index is 5.74. The van der Waals surface area contributed by atoms with Crippen molar-refractivity contribution >= 4 is 21.6 Å². The number of halogens is 1. The number of methoxy groups -OCH3 is 1. The van der Waals surface area contributed by atoms with Crippen LogP contribution in [0.5, 0.6) is 17.2 Å². The molecule has 1 fully saturated rings. The van der Waals surface area contributed by atoms with E-state index in [0.29, 0.717) is 13.2 Å². The second-order valence-electron chi connectivity index (χ2n) is 6.90. The zero-order chi connectivity index (χ0) is 18.6. The Hall–Kier alpha value is -1.92. The molecular formula is C21H25BrN2O3. The van der Waals surface area contributed by atoms with Crippen molar-refractivity contribution in [3.63, 3.8) is 0 Å². The molecule has 2 aromatic carbocycles. The standard InChI is InChI=1S/C21H25BrN2O3/c1-25-18-5-3-17(4-6-18)24-8-2-7-23(9-10-24)15-16-13-20-21(14-19(16)22)27-12-11-26-20/h3-6,13-14H,2,7-12,15H2,1H3. The van der Waals surface area contributed by atoms with E-state index in [1.54, 1.807) is 7.11 Å². The van der Waals surface area contributed by atoms with Crippen LogP contribution in [0.2, 0.25) is 0 Å². The molecule has 0 unspecified atom stereocenters. The molecule has 0 aromatic heterocycles. The van der Waals surface area contributed by atoms with Gasteiger partial charge in [-0.05, 0) is 48.4 Å². The Labute approximate surface area is 168 Å². The van der Waals surface area contributed by atoms with Crippen molar-refractivity contribution in [3.8, 4) is 17.2 Å². The SMILES string of the molecule is COc1ccc(N2CCCN(Cc3cc4c(cc3Br)OCCO4)CC2)cc1. The summed E-state index contributed by atoms with van der Waals surface area (Å²) in [6, 6.07) is 12.5. The summed E-state index contributed by atoms with van der Waals surface area (Å²) in [4.78, 5) is 4.97. The lowest BCUT2D eigenvalue weighted by atomic mass is 10.1. The third-order valence-corrected chi connectivity index (χ3v) is 5.87. The van der Waals surface area contributed by atoms with E-state index in [2.05, 4.69) is 43.9 Å². The van der Waals surface area contributed by atoms with Gasteiger partial charge in [0.15, 0.2) is 11.5 Å². The van der Waals surface area contributed by atoms with Gasteiger partial charge in [-0.2, -0.15) is 0 Å². The maximum atomic E-state index is 5.74. The fourth-order valence-electron chi connectivity index (χ4n) is 3.65. The Bertz CT molecular complexity index is 782. The number of hydrogen-bond acceptors (Lipinski definition) is 5. The largest absolute Gasteiger partial charge is 0.497 e. The van der Waals surface area contributed by atoms with Gasteiger partial charge >= 0.3 is 0 Å². The number of benzene rings is 2. The van der Waals surface area contributed by atoms with Crippen LogP contribution in [0, 0.1) is 0 Å². The van der Waals surface area contributed by atoms with E-state index in [-0.39, 0.29) is 0 Å². The summed E-state index contributed by atoms with van der Waals surface area (Å²) >= 11 is 3.70. The van der Waals surface area contributed by atoms with Gasteiger partial charge in [0.2, 0.25) is 0 Å². The monoisotopic (exact) mass is 432 g/mol. The van der Waals surface area contributed by atoms with Crippen LogP contribution in [-0.4, -0.2) is 51.4 Å². The maximum Gasteiger partial charge on any atom is 0.162 e. The van der Waals surface area contributed by atoms with Crippen LogP contribution in [0.4, 0.5) is 5.69 Å². The smallest absolute Gasteiger partial charge is 0.162 e. The van der Waals surface area contributed by atoms with E-state index >= 15 is 0 Å². The highest BCUT2D eigenvalue weighted by Crippen LogP contribution is 2.36. The summed E-state index contributed by atoms with van der Waals surface area (Å²) in [6.45, 7) is 6.37. The van der Waals surface area contributed by atoms with Crippen LogP contribution in [0.25, 0.3) is 0 Å². The Kier molecular flexibility index (Phi) is 5.74. The van der Waals surface area contributed by atoms with Gasteiger partial charge in [-0.15, -0.1) is 0 Å². The molecule has 2 aliphatic rings. The summed E-state index contributed by atoms with van der Waals surface area (Å²) in [6.07, 6.45) is 1.15. The van der Waals surface area contributed by atoms with Crippen LogP contribution < -0.4 is 19.1 Å². The predicted molar refractivity (Wildman–Crippen MR) is 110 cm³/mol. The number of rotatable bonds is 4. The molecule has 1 saturated heterocycles. The topological polar surface area (TPSA) is 34.2 Å². The lowest BCUT2D eigenvalue weighted by Crippen LogP contribution is -2.30. The molecule has 0 aliphatic carbocycles. The van der Waals surface area contributed by atoms with E-state index in [9.17, 15) is 0 Å². The van der Waals surface area contributed by atoms with Crippen LogP contribution in [0.1, 0.15) is 12.0 Å². The van der Waals surface area contributed by atoms with Crippen LogP contribution in [0.15, 0.2) is 40.9 Å². The molecule has 2 aliphatic heterocycles. The molecule has 0 N–H and O–H groups in total. The molecule has 0 atom stereocenters. The highest BCUT2D eigenvalue weighted by molar-refractivity contribution is 9.10. The van der Waals surface area contributed by atoms with E-state index in [1.165, 1.54) is 11.3 Å². The minimum atomic E-state index is 0.617. The van der Waals surface area contributed by atoms with Gasteiger partial charge in [0.05, 0.1) is 7.11 Å². The van der Waals surface area contributed by atoms with Crippen molar-refractivity contribution in [2.24, 2.45) is 0 Å². The van der Waals surface area contributed by atoms with Crippen molar-refractivity contribution in [1.29, 1.82) is 0 Å². The summed E-state index contributed by atoms with van der Waals surface area (Å²) in [5.41, 5.74) is 2.51. The van der Waals surface area contributed by atoms with E-state index in [1.807, 2.05) is 18.2 Å². The summed E-state index contributed by atoms with van der Waals surface area (Å²) in [5.74, 6) is 2.59. The van der Waals surface area contributed by atoms with E-state index < -0.39 is 0 Å². The first-order valence-corrected chi connectivity index (χ1v) is 10.2. The third-order valence-electron chi connectivity index (χ3n) is 5.13. The quantitative estimate of drug-likeness (QED) is 0.730. The molecule has 6 heteroatoms. The first kappa shape index (κ1) is 18.4. The van der Waals surface area contributed by atoms with Gasteiger partial charge in [-0.1, -0.05) is 15.9 Å². The molecule has 2 heterocycles. The molecule has 0 bridgehead atoms. The molecule has 2 aromatic rings. The zero-order valence-corrected chi connectivity index (χ0v) is 17.2. The van der Waals surface area contributed by atoms with Gasteiger partial charge in [0.1, 0.15) is 19.0 Å². The van der Waals surface area contributed by atoms with E-state index in [0.717, 1.165) is 60.9 Å². The predicted octanol–water partition coefficient (Wildman–Crippen LogP) is 3.94. The fraction of sp³-hybridized carbons (Fsp3) is 0.429. The van der Waals surface area contributed by atoms with Gasteiger partial charge in [0, 0.05) is 42.9 Å². The minimum absolute atomic E-state index is 0.617. The molecule has 5 nitrogen and oxygen atoms in total. The summed E-state index contributed by atoms with van der Waals surface area (Å²) < 4.78 is 17.8. The second-order valence-corrected chi connectivity index (χ2v) is 7.76. The first-order valence-electron chi connectivity index (χ1n) is 9.42. The fourth-order valence-corrected chi connectivity index (χ4v) is 4.10. The molecule has 0 saturated carbocycles. The normalized spacial score (nSPS) is 17.5. The number of hydrogen-bond donors (Lipinski definition) is 0. The number of anilines is 1. The summed E-state index contributed by atoms with van der Waals surface area (Å²) in [7, 11) is 1.70. The van der Waals surface area contributed by atoms with Gasteiger partial charge in [0.25, 0.3) is 0 Å².